The Morgan fingerprint density at radius 3 is 2.54 bits per heavy atom. The second kappa shape index (κ2) is 7.23. The van der Waals surface area contributed by atoms with E-state index in [0.29, 0.717) is 28.3 Å². The lowest BCUT2D eigenvalue weighted by Gasteiger charge is -2.12. The zero-order chi connectivity index (χ0) is 18.7. The normalized spacial score (nSPS) is 15.3. The SMILES string of the molecule is CC1=NN(c2ccc(C)cc2)C(=O)C1=Cc1ccccc1OCC(=O)O. The topological polar surface area (TPSA) is 79.2 Å². The number of anilines is 1. The Kier molecular flexibility index (Phi) is 4.84. The molecule has 2 aromatic rings. The van der Waals surface area contributed by atoms with Crippen LogP contribution >= 0.6 is 0 Å². The molecule has 1 aliphatic heterocycles. The van der Waals surface area contributed by atoms with E-state index < -0.39 is 12.6 Å². The number of carbonyl (C=O) groups is 2. The molecule has 0 aliphatic carbocycles. The van der Waals surface area contributed by atoms with Crippen molar-refractivity contribution < 1.29 is 19.4 Å². The number of hydrogen-bond acceptors (Lipinski definition) is 4. The Labute approximate surface area is 151 Å². The van der Waals surface area contributed by atoms with Crippen molar-refractivity contribution in [1.29, 1.82) is 0 Å². The van der Waals surface area contributed by atoms with Crippen molar-refractivity contribution in [1.82, 2.24) is 0 Å². The van der Waals surface area contributed by atoms with Gasteiger partial charge in [0.25, 0.3) is 5.91 Å². The summed E-state index contributed by atoms with van der Waals surface area (Å²) < 4.78 is 5.30. The summed E-state index contributed by atoms with van der Waals surface area (Å²) in [5, 5.41) is 14.5. The van der Waals surface area contributed by atoms with Gasteiger partial charge in [0.05, 0.1) is 17.0 Å². The average molecular weight is 350 g/mol. The molecular weight excluding hydrogens is 332 g/mol. The maximum atomic E-state index is 12.8. The van der Waals surface area contributed by atoms with Gasteiger partial charge in [-0.05, 0) is 38.1 Å². The molecule has 0 atom stereocenters. The molecule has 0 saturated carbocycles. The van der Waals surface area contributed by atoms with Crippen molar-refractivity contribution in [3.63, 3.8) is 0 Å². The number of rotatable bonds is 5. The number of amides is 1. The van der Waals surface area contributed by atoms with E-state index in [0.717, 1.165) is 5.56 Å². The molecule has 1 N–H and O–H groups in total. The molecule has 0 spiro atoms. The summed E-state index contributed by atoms with van der Waals surface area (Å²) in [6, 6.07) is 14.5. The van der Waals surface area contributed by atoms with Crippen LogP contribution in [0.15, 0.2) is 59.2 Å². The van der Waals surface area contributed by atoms with E-state index in [2.05, 4.69) is 5.10 Å². The fourth-order valence-electron chi connectivity index (χ4n) is 2.57. The maximum Gasteiger partial charge on any atom is 0.341 e. The van der Waals surface area contributed by atoms with Gasteiger partial charge in [0.1, 0.15) is 5.75 Å². The number of hydrogen-bond donors (Lipinski definition) is 1. The molecule has 1 aliphatic rings. The highest BCUT2D eigenvalue weighted by atomic mass is 16.5. The number of ether oxygens (including phenoxy) is 1. The number of hydrazone groups is 1. The quantitative estimate of drug-likeness (QED) is 0.840. The first-order valence-corrected chi connectivity index (χ1v) is 8.08. The van der Waals surface area contributed by atoms with Crippen LogP contribution in [0.3, 0.4) is 0 Å². The van der Waals surface area contributed by atoms with E-state index in [4.69, 9.17) is 9.84 Å². The van der Waals surface area contributed by atoms with Gasteiger partial charge in [0.15, 0.2) is 6.61 Å². The smallest absolute Gasteiger partial charge is 0.341 e. The van der Waals surface area contributed by atoms with Crippen LogP contribution in [-0.2, 0) is 9.59 Å². The van der Waals surface area contributed by atoms with Crippen molar-refractivity contribution in [3.8, 4) is 5.75 Å². The lowest BCUT2D eigenvalue weighted by Crippen LogP contribution is -2.21. The van der Waals surface area contributed by atoms with Crippen molar-refractivity contribution in [2.75, 3.05) is 11.6 Å². The van der Waals surface area contributed by atoms with E-state index >= 15 is 0 Å². The third kappa shape index (κ3) is 3.64. The van der Waals surface area contributed by atoms with Gasteiger partial charge in [-0.3, -0.25) is 4.79 Å². The molecule has 0 aromatic heterocycles. The lowest BCUT2D eigenvalue weighted by atomic mass is 10.1. The molecule has 6 nitrogen and oxygen atoms in total. The lowest BCUT2D eigenvalue weighted by molar-refractivity contribution is -0.139. The number of benzene rings is 2. The molecule has 0 radical (unpaired) electrons. The summed E-state index contributed by atoms with van der Waals surface area (Å²) in [5.41, 5.74) is 3.44. The summed E-state index contributed by atoms with van der Waals surface area (Å²) in [7, 11) is 0. The second-order valence-electron chi connectivity index (χ2n) is 5.92. The molecule has 2 aromatic carbocycles. The molecule has 0 saturated heterocycles. The number of aliphatic carboxylic acids is 1. The monoisotopic (exact) mass is 350 g/mol. The minimum absolute atomic E-state index is 0.237. The van der Waals surface area contributed by atoms with Gasteiger partial charge in [-0.15, -0.1) is 0 Å². The van der Waals surface area contributed by atoms with Crippen molar-refractivity contribution in [2.45, 2.75) is 13.8 Å². The van der Waals surface area contributed by atoms with Crippen LogP contribution in [-0.4, -0.2) is 29.3 Å². The Balaban J connectivity index is 1.91. The van der Waals surface area contributed by atoms with E-state index in [-0.39, 0.29) is 5.91 Å². The van der Waals surface area contributed by atoms with Crippen LogP contribution in [0.4, 0.5) is 5.69 Å². The van der Waals surface area contributed by atoms with Crippen molar-refractivity contribution >= 4 is 29.4 Å². The molecular formula is C20H18N2O4. The van der Waals surface area contributed by atoms with Crippen LogP contribution in [0, 0.1) is 6.92 Å². The maximum absolute atomic E-state index is 12.8. The predicted molar refractivity (Wildman–Crippen MR) is 99.3 cm³/mol. The fraction of sp³-hybridized carbons (Fsp3) is 0.150. The standard InChI is InChI=1S/C20H18N2O4/c1-13-7-9-16(10-8-13)22-20(25)17(14(2)21-22)11-15-5-3-4-6-18(15)26-12-19(23)24/h3-11H,12H2,1-2H3,(H,23,24). The molecule has 0 fully saturated rings. The van der Waals surface area contributed by atoms with E-state index in [9.17, 15) is 9.59 Å². The molecule has 1 amide bonds. The number of para-hydroxylation sites is 1. The van der Waals surface area contributed by atoms with Gasteiger partial charge in [-0.2, -0.15) is 10.1 Å². The van der Waals surface area contributed by atoms with E-state index in [1.54, 1.807) is 37.3 Å². The van der Waals surface area contributed by atoms with Gasteiger partial charge in [-0.1, -0.05) is 35.9 Å². The molecule has 1 heterocycles. The highest BCUT2D eigenvalue weighted by Crippen LogP contribution is 2.27. The number of carboxylic acid groups (broad SMARTS) is 1. The van der Waals surface area contributed by atoms with Gasteiger partial charge < -0.3 is 9.84 Å². The average Bonchev–Trinajstić information content (AvgIpc) is 2.90. The summed E-state index contributed by atoms with van der Waals surface area (Å²) in [5.74, 6) is -0.899. The van der Waals surface area contributed by atoms with Crippen LogP contribution in [0.1, 0.15) is 18.1 Å². The van der Waals surface area contributed by atoms with Crippen LogP contribution < -0.4 is 9.75 Å². The molecule has 0 bridgehead atoms. The third-order valence-corrected chi connectivity index (χ3v) is 3.91. The summed E-state index contributed by atoms with van der Waals surface area (Å²) in [6.07, 6.45) is 1.67. The minimum atomic E-state index is -1.06. The minimum Gasteiger partial charge on any atom is -0.481 e. The van der Waals surface area contributed by atoms with Crippen molar-refractivity contribution in [3.05, 3.63) is 65.2 Å². The highest BCUT2D eigenvalue weighted by Gasteiger charge is 2.28. The molecule has 26 heavy (non-hydrogen) atoms. The third-order valence-electron chi connectivity index (χ3n) is 3.91. The Hall–Kier alpha value is -3.41. The van der Waals surface area contributed by atoms with E-state index in [1.807, 2.05) is 31.2 Å². The predicted octanol–water partition coefficient (Wildman–Crippen LogP) is 3.26. The first-order chi connectivity index (χ1) is 12.5. The number of carbonyl (C=O) groups excluding carboxylic acids is 1. The zero-order valence-electron chi connectivity index (χ0n) is 14.5. The summed E-state index contributed by atoms with van der Waals surface area (Å²) >= 11 is 0. The number of carboxylic acids is 1. The van der Waals surface area contributed by atoms with Crippen LogP contribution in [0.2, 0.25) is 0 Å². The summed E-state index contributed by atoms with van der Waals surface area (Å²) in [6.45, 7) is 3.29. The first kappa shape index (κ1) is 17.4. The number of nitrogens with zero attached hydrogens (tertiary/aromatic N) is 2. The molecule has 6 heteroatoms. The van der Waals surface area contributed by atoms with E-state index in [1.165, 1.54) is 5.01 Å². The summed E-state index contributed by atoms with van der Waals surface area (Å²) in [4.78, 5) is 23.5. The Morgan fingerprint density at radius 1 is 1.15 bits per heavy atom. The zero-order valence-corrected chi connectivity index (χ0v) is 14.5. The Morgan fingerprint density at radius 2 is 1.85 bits per heavy atom. The van der Waals surface area contributed by atoms with Crippen LogP contribution in [0.25, 0.3) is 6.08 Å². The molecule has 0 unspecified atom stereocenters. The number of aryl methyl sites for hydroxylation is 1. The van der Waals surface area contributed by atoms with Gasteiger partial charge in [0, 0.05) is 5.56 Å². The van der Waals surface area contributed by atoms with Crippen LogP contribution in [0.5, 0.6) is 5.75 Å². The first-order valence-electron chi connectivity index (χ1n) is 8.08. The second-order valence-corrected chi connectivity index (χ2v) is 5.92. The van der Waals surface area contributed by atoms with Crippen molar-refractivity contribution in [2.24, 2.45) is 5.10 Å². The molecule has 3 rings (SSSR count). The highest BCUT2D eigenvalue weighted by molar-refractivity contribution is 6.32. The van der Waals surface area contributed by atoms with Gasteiger partial charge >= 0.3 is 5.97 Å². The van der Waals surface area contributed by atoms with Gasteiger partial charge in [0.2, 0.25) is 0 Å². The fourth-order valence-corrected chi connectivity index (χ4v) is 2.57. The van der Waals surface area contributed by atoms with Gasteiger partial charge in [-0.25, -0.2) is 4.79 Å². The molecule has 132 valence electrons. The Bertz CT molecular complexity index is 914. The largest absolute Gasteiger partial charge is 0.481 e.